The molecule has 0 saturated heterocycles. The number of ether oxygens (including phenoxy) is 2. The summed E-state index contributed by atoms with van der Waals surface area (Å²) in [6.07, 6.45) is -0.447. The second-order valence-electron chi connectivity index (χ2n) is 12.0. The van der Waals surface area contributed by atoms with Crippen LogP contribution in [0.15, 0.2) is 78.9 Å². The summed E-state index contributed by atoms with van der Waals surface area (Å²) < 4.78 is 120. The lowest BCUT2D eigenvalue weighted by Crippen LogP contribution is -2.24. The highest BCUT2D eigenvalue weighted by molar-refractivity contribution is 5.71. The lowest BCUT2D eigenvalue weighted by Gasteiger charge is -2.29. The fourth-order valence-electron chi connectivity index (χ4n) is 6.22. The molecule has 1 aliphatic rings. The van der Waals surface area contributed by atoms with Gasteiger partial charge in [-0.05, 0) is 96.2 Å². The summed E-state index contributed by atoms with van der Waals surface area (Å²) in [7, 11) is 0. The molecule has 47 heavy (non-hydrogen) atoms. The molecular weight excluding hydrogens is 628 g/mol. The van der Waals surface area contributed by atoms with Gasteiger partial charge in [-0.3, -0.25) is 0 Å². The minimum absolute atomic E-state index is 0.0444. The molecule has 1 aliphatic carbocycles. The van der Waals surface area contributed by atoms with Crippen molar-refractivity contribution in [2.24, 2.45) is 5.92 Å². The van der Waals surface area contributed by atoms with E-state index in [1.165, 1.54) is 68.1 Å². The molecule has 0 radical (unpaired) electrons. The molecule has 1 fully saturated rings. The summed E-state index contributed by atoms with van der Waals surface area (Å²) >= 11 is 0. The molecular formula is C37H34F8O2. The Morgan fingerprint density at radius 2 is 1.32 bits per heavy atom. The number of hydrogen-bond donors (Lipinski definition) is 0. The van der Waals surface area contributed by atoms with E-state index in [9.17, 15) is 17.6 Å². The highest BCUT2D eigenvalue weighted by atomic mass is 19.4. The molecule has 10 heteroatoms. The molecule has 5 rings (SSSR count). The SMILES string of the molecule is CCCCCC1CCC(c2ccc(C(F)(F)Oc3ccc(-c4ccc(-c5ccc(OC(F)(F)F)c(F)c5)cc4)c(F)c3)c(F)c2)CC1. The lowest BCUT2D eigenvalue weighted by atomic mass is 9.77. The van der Waals surface area contributed by atoms with Crippen molar-refractivity contribution >= 4 is 0 Å². The molecule has 0 atom stereocenters. The van der Waals surface area contributed by atoms with E-state index in [-0.39, 0.29) is 17.0 Å². The van der Waals surface area contributed by atoms with E-state index in [2.05, 4.69) is 11.7 Å². The van der Waals surface area contributed by atoms with Crippen LogP contribution in [0.1, 0.15) is 75.3 Å². The highest BCUT2D eigenvalue weighted by Gasteiger charge is 2.38. The highest BCUT2D eigenvalue weighted by Crippen LogP contribution is 2.41. The Hall–Kier alpha value is -4.08. The molecule has 0 N–H and O–H groups in total. The zero-order valence-corrected chi connectivity index (χ0v) is 25.7. The molecule has 4 aromatic carbocycles. The molecule has 4 aromatic rings. The maximum Gasteiger partial charge on any atom is 0.573 e. The third-order valence-corrected chi connectivity index (χ3v) is 8.71. The van der Waals surface area contributed by atoms with E-state index in [4.69, 9.17) is 4.74 Å². The van der Waals surface area contributed by atoms with Crippen LogP contribution in [0.2, 0.25) is 0 Å². The monoisotopic (exact) mass is 662 g/mol. The van der Waals surface area contributed by atoms with Gasteiger partial charge in [0.15, 0.2) is 11.6 Å². The Kier molecular flexibility index (Phi) is 10.5. The van der Waals surface area contributed by atoms with Gasteiger partial charge >= 0.3 is 12.5 Å². The molecule has 250 valence electrons. The van der Waals surface area contributed by atoms with Gasteiger partial charge in [0, 0.05) is 11.6 Å². The van der Waals surface area contributed by atoms with Crippen LogP contribution in [0.25, 0.3) is 22.3 Å². The van der Waals surface area contributed by atoms with E-state index in [0.29, 0.717) is 22.6 Å². The molecule has 0 amide bonds. The van der Waals surface area contributed by atoms with Crippen molar-refractivity contribution in [3.8, 4) is 33.8 Å². The zero-order valence-electron chi connectivity index (χ0n) is 25.7. The van der Waals surface area contributed by atoms with Crippen LogP contribution in [0.5, 0.6) is 11.5 Å². The third kappa shape index (κ3) is 8.64. The zero-order chi connectivity index (χ0) is 33.8. The maximum absolute atomic E-state index is 15.1. The van der Waals surface area contributed by atoms with Crippen LogP contribution in [-0.4, -0.2) is 6.36 Å². The molecule has 0 aromatic heterocycles. The normalized spacial score (nSPS) is 17.0. The van der Waals surface area contributed by atoms with Crippen LogP contribution in [-0.2, 0) is 6.11 Å². The predicted octanol–water partition coefficient (Wildman–Crippen LogP) is 12.3. The number of benzene rings is 4. The second-order valence-corrected chi connectivity index (χ2v) is 12.0. The van der Waals surface area contributed by atoms with Crippen molar-refractivity contribution in [1.82, 2.24) is 0 Å². The van der Waals surface area contributed by atoms with Gasteiger partial charge in [0.05, 0.1) is 5.56 Å². The van der Waals surface area contributed by atoms with Crippen LogP contribution in [0, 0.1) is 23.4 Å². The minimum atomic E-state index is -5.04. The number of alkyl halides is 5. The third-order valence-electron chi connectivity index (χ3n) is 8.71. The fourth-order valence-corrected chi connectivity index (χ4v) is 6.22. The van der Waals surface area contributed by atoms with Crippen LogP contribution in [0.3, 0.4) is 0 Å². The number of unbranched alkanes of at least 4 members (excludes halogenated alkanes) is 2. The van der Waals surface area contributed by atoms with E-state index in [1.807, 2.05) is 0 Å². The standard InChI is InChI=1S/C37H34F8O2/c1-2-3-4-5-23-6-8-24(9-7-23)27-14-18-31(33(39)20-27)36(41,42)46-29-16-17-30(32(38)22-29)26-12-10-25(11-13-26)28-15-19-35(34(40)21-28)47-37(43,44)45/h10-24H,2-9H2,1H3. The van der Waals surface area contributed by atoms with Crippen LogP contribution in [0.4, 0.5) is 35.1 Å². The van der Waals surface area contributed by atoms with E-state index in [0.717, 1.165) is 62.1 Å². The first-order chi connectivity index (χ1) is 22.3. The Labute approximate surface area is 268 Å². The Morgan fingerprint density at radius 3 is 1.94 bits per heavy atom. The van der Waals surface area contributed by atoms with Gasteiger partial charge in [0.25, 0.3) is 0 Å². The Morgan fingerprint density at radius 1 is 0.638 bits per heavy atom. The van der Waals surface area contributed by atoms with Crippen molar-refractivity contribution in [3.63, 3.8) is 0 Å². The van der Waals surface area contributed by atoms with Gasteiger partial charge in [0.1, 0.15) is 17.4 Å². The quantitative estimate of drug-likeness (QED) is 0.118. The Bertz CT molecular complexity index is 1660. The van der Waals surface area contributed by atoms with Gasteiger partial charge < -0.3 is 9.47 Å². The summed E-state index contributed by atoms with van der Waals surface area (Å²) in [5, 5.41) is 0. The average molecular weight is 663 g/mol. The topological polar surface area (TPSA) is 18.5 Å². The van der Waals surface area contributed by atoms with Gasteiger partial charge in [-0.15, -0.1) is 13.2 Å². The first kappa shape index (κ1) is 34.3. The van der Waals surface area contributed by atoms with Gasteiger partial charge in [-0.1, -0.05) is 69.0 Å². The number of hydrogen-bond acceptors (Lipinski definition) is 2. The van der Waals surface area contributed by atoms with Crippen molar-refractivity contribution in [2.45, 2.75) is 76.7 Å². The van der Waals surface area contributed by atoms with Gasteiger partial charge in [0.2, 0.25) is 0 Å². The fraction of sp³-hybridized carbons (Fsp3) is 0.351. The number of rotatable bonds is 11. The van der Waals surface area contributed by atoms with Crippen molar-refractivity contribution in [3.05, 3.63) is 107 Å². The smallest absolute Gasteiger partial charge is 0.429 e. The van der Waals surface area contributed by atoms with Crippen LogP contribution < -0.4 is 9.47 Å². The lowest BCUT2D eigenvalue weighted by molar-refractivity contribution is -0.275. The number of halogens is 8. The molecule has 0 aliphatic heterocycles. The summed E-state index contributed by atoms with van der Waals surface area (Å²) in [6, 6.07) is 15.8. The summed E-state index contributed by atoms with van der Waals surface area (Å²) in [5.41, 5.74) is 0.813. The van der Waals surface area contributed by atoms with Gasteiger partial charge in [-0.2, -0.15) is 8.78 Å². The summed E-state index contributed by atoms with van der Waals surface area (Å²) in [6.45, 7) is 2.17. The molecule has 0 bridgehead atoms. The first-order valence-electron chi connectivity index (χ1n) is 15.7. The van der Waals surface area contributed by atoms with E-state index < -0.39 is 47.0 Å². The maximum atomic E-state index is 15.1. The molecule has 0 spiro atoms. The first-order valence-corrected chi connectivity index (χ1v) is 15.7. The Balaban J connectivity index is 1.23. The average Bonchev–Trinajstić information content (AvgIpc) is 3.02. The minimum Gasteiger partial charge on any atom is -0.429 e. The molecule has 1 saturated carbocycles. The van der Waals surface area contributed by atoms with Crippen molar-refractivity contribution < 1.29 is 44.6 Å². The molecule has 0 unspecified atom stereocenters. The molecule has 2 nitrogen and oxygen atoms in total. The van der Waals surface area contributed by atoms with Gasteiger partial charge in [-0.25, -0.2) is 13.2 Å². The van der Waals surface area contributed by atoms with Crippen molar-refractivity contribution in [2.75, 3.05) is 0 Å². The molecule has 0 heterocycles. The van der Waals surface area contributed by atoms with E-state index in [1.54, 1.807) is 0 Å². The largest absolute Gasteiger partial charge is 0.573 e. The van der Waals surface area contributed by atoms with E-state index >= 15 is 17.6 Å². The van der Waals surface area contributed by atoms with Crippen LogP contribution >= 0.6 is 0 Å². The summed E-state index contributed by atoms with van der Waals surface area (Å²) in [5.74, 6) is -3.89. The predicted molar refractivity (Wildman–Crippen MR) is 164 cm³/mol. The van der Waals surface area contributed by atoms with Crippen molar-refractivity contribution in [1.29, 1.82) is 0 Å². The second kappa shape index (κ2) is 14.4. The summed E-state index contributed by atoms with van der Waals surface area (Å²) in [4.78, 5) is 0.